The standard InChI is InChI=1S/C9H13NO3/c11-5-10-9(4-8(12)13)2-1-6-3-7(6)9/h5-7H,1-4H2,(H,10,11)(H,12,13). The average molecular weight is 183 g/mol. The van der Waals surface area contributed by atoms with E-state index in [1.807, 2.05) is 0 Å². The van der Waals surface area contributed by atoms with Crippen molar-refractivity contribution in [2.45, 2.75) is 31.2 Å². The Kier molecular flexibility index (Phi) is 1.78. The highest BCUT2D eigenvalue weighted by Crippen LogP contribution is 2.58. The SMILES string of the molecule is O=CNC1(CC(=O)O)CCC2CC21. The number of nitrogens with one attached hydrogen (secondary N) is 1. The molecular formula is C9H13NO3. The number of carboxylic acids is 1. The molecule has 2 saturated carbocycles. The fourth-order valence-electron chi connectivity index (χ4n) is 2.71. The number of aliphatic carboxylic acids is 1. The second kappa shape index (κ2) is 2.72. The van der Waals surface area contributed by atoms with E-state index in [2.05, 4.69) is 5.32 Å². The first-order chi connectivity index (χ1) is 6.18. The Morgan fingerprint density at radius 3 is 2.85 bits per heavy atom. The van der Waals surface area contributed by atoms with Crippen LogP contribution in [0.2, 0.25) is 0 Å². The molecule has 13 heavy (non-hydrogen) atoms. The first kappa shape index (κ1) is 8.53. The van der Waals surface area contributed by atoms with Gasteiger partial charge in [-0.25, -0.2) is 0 Å². The molecule has 2 fully saturated rings. The summed E-state index contributed by atoms with van der Waals surface area (Å²) in [5.41, 5.74) is -0.418. The van der Waals surface area contributed by atoms with E-state index in [4.69, 9.17) is 5.11 Å². The third-order valence-electron chi connectivity index (χ3n) is 3.41. The van der Waals surface area contributed by atoms with Crippen molar-refractivity contribution in [1.29, 1.82) is 0 Å². The van der Waals surface area contributed by atoms with Crippen molar-refractivity contribution in [1.82, 2.24) is 5.32 Å². The molecule has 4 nitrogen and oxygen atoms in total. The van der Waals surface area contributed by atoms with E-state index in [1.54, 1.807) is 0 Å². The van der Waals surface area contributed by atoms with Gasteiger partial charge in [0.15, 0.2) is 0 Å². The third kappa shape index (κ3) is 1.30. The Balaban J connectivity index is 2.10. The van der Waals surface area contributed by atoms with Crippen LogP contribution in [-0.4, -0.2) is 23.0 Å². The van der Waals surface area contributed by atoms with Gasteiger partial charge in [0.05, 0.1) is 12.0 Å². The van der Waals surface area contributed by atoms with Crippen LogP contribution in [0.25, 0.3) is 0 Å². The summed E-state index contributed by atoms with van der Waals surface area (Å²) in [6, 6.07) is 0. The van der Waals surface area contributed by atoms with Gasteiger partial charge in [0, 0.05) is 0 Å². The minimum atomic E-state index is -0.818. The number of hydrogen-bond donors (Lipinski definition) is 2. The lowest BCUT2D eigenvalue weighted by molar-refractivity contribution is -0.139. The third-order valence-corrected chi connectivity index (χ3v) is 3.41. The maximum atomic E-state index is 10.6. The highest BCUT2D eigenvalue weighted by Gasteiger charge is 2.58. The molecule has 3 unspecified atom stereocenters. The molecule has 2 aliphatic carbocycles. The Labute approximate surface area is 76.3 Å². The number of amides is 1. The van der Waals surface area contributed by atoms with Gasteiger partial charge in [0.25, 0.3) is 0 Å². The molecule has 0 saturated heterocycles. The summed E-state index contributed by atoms with van der Waals surface area (Å²) in [5.74, 6) is 0.280. The van der Waals surface area contributed by atoms with E-state index in [9.17, 15) is 9.59 Å². The predicted octanol–water partition coefficient (Wildman–Crippen LogP) is 0.376. The highest BCUT2D eigenvalue weighted by atomic mass is 16.4. The van der Waals surface area contributed by atoms with Gasteiger partial charge in [-0.2, -0.15) is 0 Å². The van der Waals surface area contributed by atoms with Gasteiger partial charge < -0.3 is 10.4 Å². The Hall–Kier alpha value is -1.06. The normalized spacial score (nSPS) is 40.9. The molecule has 0 aromatic carbocycles. The van der Waals surface area contributed by atoms with Crippen LogP contribution in [0.5, 0.6) is 0 Å². The smallest absolute Gasteiger partial charge is 0.305 e. The van der Waals surface area contributed by atoms with E-state index >= 15 is 0 Å². The zero-order valence-corrected chi connectivity index (χ0v) is 7.32. The van der Waals surface area contributed by atoms with E-state index in [-0.39, 0.29) is 6.42 Å². The van der Waals surface area contributed by atoms with E-state index in [1.165, 1.54) is 0 Å². The maximum Gasteiger partial charge on any atom is 0.305 e. The van der Waals surface area contributed by atoms with E-state index < -0.39 is 11.5 Å². The van der Waals surface area contributed by atoms with Gasteiger partial charge in [0.1, 0.15) is 0 Å². The van der Waals surface area contributed by atoms with Crippen LogP contribution in [0.3, 0.4) is 0 Å². The molecule has 0 aromatic rings. The minimum Gasteiger partial charge on any atom is -0.481 e. The van der Waals surface area contributed by atoms with Crippen LogP contribution in [0.4, 0.5) is 0 Å². The summed E-state index contributed by atoms with van der Waals surface area (Å²) in [5, 5.41) is 11.5. The largest absolute Gasteiger partial charge is 0.481 e. The van der Waals surface area contributed by atoms with Crippen molar-refractivity contribution in [2.75, 3.05) is 0 Å². The Bertz CT molecular complexity index is 253. The van der Waals surface area contributed by atoms with Crippen molar-refractivity contribution in [2.24, 2.45) is 11.8 Å². The van der Waals surface area contributed by atoms with E-state index in [0.717, 1.165) is 19.3 Å². The van der Waals surface area contributed by atoms with Crippen molar-refractivity contribution >= 4 is 12.4 Å². The summed E-state index contributed by atoms with van der Waals surface area (Å²) in [7, 11) is 0. The van der Waals surface area contributed by atoms with Crippen LogP contribution in [-0.2, 0) is 9.59 Å². The molecule has 2 rings (SSSR count). The Morgan fingerprint density at radius 1 is 1.69 bits per heavy atom. The lowest BCUT2D eigenvalue weighted by atomic mass is 9.89. The van der Waals surface area contributed by atoms with Gasteiger partial charge in [-0.3, -0.25) is 9.59 Å². The van der Waals surface area contributed by atoms with Crippen LogP contribution in [0.1, 0.15) is 25.7 Å². The zero-order chi connectivity index (χ0) is 9.47. The molecule has 0 spiro atoms. The summed E-state index contributed by atoms with van der Waals surface area (Å²) in [6.07, 6.45) is 3.71. The monoisotopic (exact) mass is 183 g/mol. The number of carbonyl (C=O) groups is 2. The topological polar surface area (TPSA) is 66.4 Å². The summed E-state index contributed by atoms with van der Waals surface area (Å²) < 4.78 is 0. The quantitative estimate of drug-likeness (QED) is 0.619. The molecule has 3 atom stereocenters. The molecule has 0 bridgehead atoms. The fourth-order valence-corrected chi connectivity index (χ4v) is 2.71. The number of hydrogen-bond acceptors (Lipinski definition) is 2. The molecule has 1 amide bonds. The lowest BCUT2D eigenvalue weighted by Gasteiger charge is -2.28. The van der Waals surface area contributed by atoms with Gasteiger partial charge in [0.2, 0.25) is 6.41 Å². The van der Waals surface area contributed by atoms with Crippen molar-refractivity contribution in [3.8, 4) is 0 Å². The van der Waals surface area contributed by atoms with Crippen LogP contribution in [0.15, 0.2) is 0 Å². The second-order valence-electron chi connectivity index (χ2n) is 4.13. The first-order valence-corrected chi connectivity index (χ1v) is 4.61. The number of fused-ring (bicyclic) bond motifs is 1. The van der Waals surface area contributed by atoms with Crippen LogP contribution in [0, 0.1) is 11.8 Å². The lowest BCUT2D eigenvalue weighted by Crippen LogP contribution is -2.46. The predicted molar refractivity (Wildman–Crippen MR) is 45.0 cm³/mol. The summed E-state index contributed by atoms with van der Waals surface area (Å²) in [4.78, 5) is 21.1. The molecule has 0 aliphatic heterocycles. The Morgan fingerprint density at radius 2 is 2.46 bits per heavy atom. The van der Waals surface area contributed by atoms with Gasteiger partial charge in [-0.05, 0) is 31.1 Å². The molecule has 2 aliphatic rings. The molecule has 4 heteroatoms. The van der Waals surface area contributed by atoms with Crippen LogP contribution >= 0.6 is 0 Å². The molecular weight excluding hydrogens is 170 g/mol. The average Bonchev–Trinajstić information content (AvgIpc) is 2.73. The maximum absolute atomic E-state index is 10.6. The van der Waals surface area contributed by atoms with Crippen LogP contribution < -0.4 is 5.32 Å². The highest BCUT2D eigenvalue weighted by molar-refractivity contribution is 5.69. The zero-order valence-electron chi connectivity index (χ0n) is 7.32. The summed E-state index contributed by atoms with van der Waals surface area (Å²) >= 11 is 0. The van der Waals surface area contributed by atoms with E-state index in [0.29, 0.717) is 18.2 Å². The van der Waals surface area contributed by atoms with Gasteiger partial charge in [-0.15, -0.1) is 0 Å². The molecule has 2 N–H and O–H groups in total. The first-order valence-electron chi connectivity index (χ1n) is 4.61. The molecule has 0 heterocycles. The number of rotatable bonds is 4. The number of carboxylic acid groups (broad SMARTS) is 1. The number of carbonyl (C=O) groups excluding carboxylic acids is 1. The molecule has 0 radical (unpaired) electrons. The fraction of sp³-hybridized carbons (Fsp3) is 0.778. The minimum absolute atomic E-state index is 0.0763. The van der Waals surface area contributed by atoms with Gasteiger partial charge in [-0.1, -0.05) is 0 Å². The molecule has 0 aromatic heterocycles. The van der Waals surface area contributed by atoms with Crippen molar-refractivity contribution in [3.05, 3.63) is 0 Å². The second-order valence-corrected chi connectivity index (χ2v) is 4.13. The molecule has 72 valence electrons. The summed E-state index contributed by atoms with van der Waals surface area (Å²) in [6.45, 7) is 0. The van der Waals surface area contributed by atoms with Crippen molar-refractivity contribution in [3.63, 3.8) is 0 Å². The van der Waals surface area contributed by atoms with Gasteiger partial charge >= 0.3 is 5.97 Å². The van der Waals surface area contributed by atoms with Crippen molar-refractivity contribution < 1.29 is 14.7 Å².